The van der Waals surface area contributed by atoms with Crippen LogP contribution in [-0.2, 0) is 6.42 Å². The standard InChI is InChI=1S/C10H12ClNO/c1-7(2)5-8-3-4-12-6-9(8)10(11)13/h3-4,6-7H,5H2,1-2H3. The van der Waals surface area contributed by atoms with Crippen molar-refractivity contribution in [3.63, 3.8) is 0 Å². The Hall–Kier alpha value is -0.890. The molecule has 0 bridgehead atoms. The molecule has 13 heavy (non-hydrogen) atoms. The number of carbonyl (C=O) groups excluding carboxylic acids is 1. The van der Waals surface area contributed by atoms with Gasteiger partial charge in [0.05, 0.1) is 5.56 Å². The van der Waals surface area contributed by atoms with Crippen LogP contribution in [-0.4, -0.2) is 10.2 Å². The molecule has 2 nitrogen and oxygen atoms in total. The summed E-state index contributed by atoms with van der Waals surface area (Å²) in [6, 6.07) is 1.84. The zero-order chi connectivity index (χ0) is 9.84. The van der Waals surface area contributed by atoms with Gasteiger partial charge in [-0.1, -0.05) is 13.8 Å². The monoisotopic (exact) mass is 197 g/mol. The maximum absolute atomic E-state index is 11.0. The molecule has 0 fully saturated rings. The zero-order valence-electron chi connectivity index (χ0n) is 7.75. The molecule has 0 aliphatic rings. The molecule has 3 heteroatoms. The highest BCUT2D eigenvalue weighted by Gasteiger charge is 2.09. The van der Waals surface area contributed by atoms with E-state index in [1.807, 2.05) is 6.07 Å². The van der Waals surface area contributed by atoms with Crippen LogP contribution in [0.1, 0.15) is 29.8 Å². The van der Waals surface area contributed by atoms with Crippen LogP contribution in [0, 0.1) is 5.92 Å². The third kappa shape index (κ3) is 2.81. The van der Waals surface area contributed by atoms with Gasteiger partial charge in [0.1, 0.15) is 0 Å². The van der Waals surface area contributed by atoms with Gasteiger partial charge in [-0.3, -0.25) is 9.78 Å². The highest BCUT2D eigenvalue weighted by Crippen LogP contribution is 2.14. The first-order chi connectivity index (χ1) is 6.11. The molecule has 0 spiro atoms. The van der Waals surface area contributed by atoms with Crippen LogP contribution >= 0.6 is 11.6 Å². The molecule has 0 saturated heterocycles. The Kier molecular flexibility index (Phi) is 3.43. The molecule has 0 atom stereocenters. The lowest BCUT2D eigenvalue weighted by Crippen LogP contribution is -2.02. The van der Waals surface area contributed by atoms with Crippen LogP contribution in [0.3, 0.4) is 0 Å². The maximum atomic E-state index is 11.0. The normalized spacial score (nSPS) is 10.5. The summed E-state index contributed by atoms with van der Waals surface area (Å²) in [6.07, 6.45) is 4.06. The number of halogens is 1. The van der Waals surface area contributed by atoms with Gasteiger partial charge in [-0.25, -0.2) is 0 Å². The van der Waals surface area contributed by atoms with Gasteiger partial charge in [-0.05, 0) is 35.6 Å². The third-order valence-electron chi connectivity index (χ3n) is 1.75. The average molecular weight is 198 g/mol. The van der Waals surface area contributed by atoms with E-state index in [1.54, 1.807) is 6.20 Å². The van der Waals surface area contributed by atoms with E-state index in [0.29, 0.717) is 11.5 Å². The van der Waals surface area contributed by atoms with Crippen molar-refractivity contribution in [2.24, 2.45) is 5.92 Å². The molecule has 0 unspecified atom stereocenters. The number of aromatic nitrogens is 1. The van der Waals surface area contributed by atoms with Crippen molar-refractivity contribution < 1.29 is 4.79 Å². The smallest absolute Gasteiger partial charge is 0.254 e. The van der Waals surface area contributed by atoms with Crippen LogP contribution < -0.4 is 0 Å². The molecule has 1 rings (SSSR count). The predicted octanol–water partition coefficient (Wildman–Crippen LogP) is 2.66. The molecule has 1 aromatic rings. The van der Waals surface area contributed by atoms with Crippen molar-refractivity contribution in [3.05, 3.63) is 29.6 Å². The molecular formula is C10H12ClNO. The molecular weight excluding hydrogens is 186 g/mol. The second-order valence-corrected chi connectivity index (χ2v) is 3.75. The lowest BCUT2D eigenvalue weighted by molar-refractivity contribution is 0.108. The Balaban J connectivity index is 2.98. The van der Waals surface area contributed by atoms with E-state index in [0.717, 1.165) is 12.0 Å². The first kappa shape index (κ1) is 10.2. The number of pyridine rings is 1. The van der Waals surface area contributed by atoms with Gasteiger partial charge in [-0.2, -0.15) is 0 Å². The Labute approximate surface area is 82.9 Å². The van der Waals surface area contributed by atoms with Crippen LogP contribution in [0.4, 0.5) is 0 Å². The molecule has 0 saturated carbocycles. The lowest BCUT2D eigenvalue weighted by Gasteiger charge is -2.07. The second-order valence-electron chi connectivity index (χ2n) is 3.40. The quantitative estimate of drug-likeness (QED) is 0.698. The summed E-state index contributed by atoms with van der Waals surface area (Å²) in [6.45, 7) is 4.20. The largest absolute Gasteiger partial charge is 0.276 e. The zero-order valence-corrected chi connectivity index (χ0v) is 8.51. The van der Waals surface area contributed by atoms with Crippen LogP contribution in [0.2, 0.25) is 0 Å². The minimum absolute atomic E-state index is 0.427. The second kappa shape index (κ2) is 4.38. The van der Waals surface area contributed by atoms with Crippen molar-refractivity contribution in [1.29, 1.82) is 0 Å². The minimum Gasteiger partial charge on any atom is -0.276 e. The number of carbonyl (C=O) groups is 1. The highest BCUT2D eigenvalue weighted by molar-refractivity contribution is 6.67. The number of hydrogen-bond donors (Lipinski definition) is 0. The van der Waals surface area contributed by atoms with E-state index in [4.69, 9.17) is 11.6 Å². The average Bonchev–Trinajstić information content (AvgIpc) is 2.03. The Morgan fingerprint density at radius 2 is 2.31 bits per heavy atom. The van der Waals surface area contributed by atoms with E-state index < -0.39 is 5.24 Å². The first-order valence-corrected chi connectivity index (χ1v) is 4.61. The lowest BCUT2D eigenvalue weighted by atomic mass is 10.0. The van der Waals surface area contributed by atoms with Gasteiger partial charge in [0.2, 0.25) is 0 Å². The molecule has 0 amide bonds. The van der Waals surface area contributed by atoms with E-state index in [-0.39, 0.29) is 0 Å². The molecule has 0 radical (unpaired) electrons. The fraction of sp³-hybridized carbons (Fsp3) is 0.400. The van der Waals surface area contributed by atoms with Crippen LogP contribution in [0.15, 0.2) is 18.5 Å². The summed E-state index contributed by atoms with van der Waals surface area (Å²) in [7, 11) is 0. The summed E-state index contributed by atoms with van der Waals surface area (Å²) in [4.78, 5) is 14.8. The molecule has 70 valence electrons. The molecule has 0 aliphatic carbocycles. The van der Waals surface area contributed by atoms with Gasteiger partial charge in [0.25, 0.3) is 5.24 Å². The topological polar surface area (TPSA) is 30.0 Å². The fourth-order valence-corrected chi connectivity index (χ4v) is 1.39. The van der Waals surface area contributed by atoms with Gasteiger partial charge in [0, 0.05) is 12.4 Å². The van der Waals surface area contributed by atoms with E-state index in [2.05, 4.69) is 18.8 Å². The van der Waals surface area contributed by atoms with Crippen LogP contribution in [0.5, 0.6) is 0 Å². The Morgan fingerprint density at radius 1 is 1.62 bits per heavy atom. The maximum Gasteiger partial charge on any atom is 0.254 e. The molecule has 0 aliphatic heterocycles. The van der Waals surface area contributed by atoms with Crippen molar-refractivity contribution >= 4 is 16.8 Å². The number of hydrogen-bond acceptors (Lipinski definition) is 2. The molecule has 0 N–H and O–H groups in total. The third-order valence-corrected chi connectivity index (χ3v) is 1.95. The van der Waals surface area contributed by atoms with E-state index >= 15 is 0 Å². The van der Waals surface area contributed by atoms with Crippen molar-refractivity contribution in [1.82, 2.24) is 4.98 Å². The molecule has 1 aromatic heterocycles. The summed E-state index contributed by atoms with van der Waals surface area (Å²) in [5.41, 5.74) is 1.50. The number of nitrogens with zero attached hydrogens (tertiary/aromatic N) is 1. The minimum atomic E-state index is -0.427. The van der Waals surface area contributed by atoms with Gasteiger partial charge >= 0.3 is 0 Å². The highest BCUT2D eigenvalue weighted by atomic mass is 35.5. The molecule has 0 aromatic carbocycles. The van der Waals surface area contributed by atoms with Gasteiger partial charge in [0.15, 0.2) is 0 Å². The summed E-state index contributed by atoms with van der Waals surface area (Å²) >= 11 is 5.41. The summed E-state index contributed by atoms with van der Waals surface area (Å²) in [5, 5.41) is -0.427. The summed E-state index contributed by atoms with van der Waals surface area (Å²) < 4.78 is 0. The van der Waals surface area contributed by atoms with Crippen molar-refractivity contribution in [2.75, 3.05) is 0 Å². The first-order valence-electron chi connectivity index (χ1n) is 4.24. The summed E-state index contributed by atoms with van der Waals surface area (Å²) in [5.74, 6) is 0.511. The van der Waals surface area contributed by atoms with Crippen LogP contribution in [0.25, 0.3) is 0 Å². The van der Waals surface area contributed by atoms with Gasteiger partial charge in [-0.15, -0.1) is 0 Å². The fourth-order valence-electron chi connectivity index (χ4n) is 1.22. The van der Waals surface area contributed by atoms with E-state index in [1.165, 1.54) is 6.20 Å². The Morgan fingerprint density at radius 3 is 2.85 bits per heavy atom. The Bertz CT molecular complexity index is 310. The van der Waals surface area contributed by atoms with E-state index in [9.17, 15) is 4.79 Å². The number of rotatable bonds is 3. The van der Waals surface area contributed by atoms with Crippen molar-refractivity contribution in [2.45, 2.75) is 20.3 Å². The van der Waals surface area contributed by atoms with Gasteiger partial charge < -0.3 is 0 Å². The van der Waals surface area contributed by atoms with Crippen molar-refractivity contribution in [3.8, 4) is 0 Å². The molecule has 1 heterocycles. The SMILES string of the molecule is CC(C)Cc1ccncc1C(=O)Cl. The predicted molar refractivity (Wildman–Crippen MR) is 53.0 cm³/mol.